The molecule has 20 atom stereocenters. The van der Waals surface area contributed by atoms with Crippen LogP contribution in [0.2, 0.25) is 0 Å². The predicted molar refractivity (Wildman–Crippen MR) is 195 cm³/mol. The molecule has 3 aliphatic heterocycles. The van der Waals surface area contributed by atoms with Crippen molar-refractivity contribution in [3.8, 4) is 0 Å². The molecule has 3 saturated heterocycles. The van der Waals surface area contributed by atoms with Gasteiger partial charge in [0.15, 0.2) is 12.6 Å². The molecule has 5 aliphatic carbocycles. The second kappa shape index (κ2) is 12.9. The van der Waals surface area contributed by atoms with Gasteiger partial charge in [0.05, 0.1) is 37.1 Å². The Labute approximate surface area is 320 Å². The molecule has 12 nitrogen and oxygen atoms in total. The lowest BCUT2D eigenvalue weighted by molar-refractivity contribution is -0.366. The van der Waals surface area contributed by atoms with Gasteiger partial charge in [0.2, 0.25) is 0 Å². The third-order valence-corrected chi connectivity index (χ3v) is 17.8. The summed E-state index contributed by atoms with van der Waals surface area (Å²) in [5.41, 5.74) is -1.08. The third-order valence-electron chi connectivity index (χ3n) is 17.8. The summed E-state index contributed by atoms with van der Waals surface area (Å²) in [7, 11) is 0. The van der Waals surface area contributed by atoms with Gasteiger partial charge >= 0.3 is 0 Å². The van der Waals surface area contributed by atoms with Crippen LogP contribution < -0.4 is 0 Å². The van der Waals surface area contributed by atoms with Gasteiger partial charge in [-0.15, -0.1) is 0 Å². The summed E-state index contributed by atoms with van der Waals surface area (Å²) in [5, 5.41) is 75.6. The fourth-order valence-corrected chi connectivity index (χ4v) is 14.3. The first-order chi connectivity index (χ1) is 25.1. The quantitative estimate of drug-likeness (QED) is 0.161. The Kier molecular flexibility index (Phi) is 9.55. The second-order valence-corrected chi connectivity index (χ2v) is 21.1. The van der Waals surface area contributed by atoms with Crippen molar-refractivity contribution in [3.63, 3.8) is 0 Å². The van der Waals surface area contributed by atoms with Crippen LogP contribution in [0, 0.1) is 50.2 Å². The van der Waals surface area contributed by atoms with Crippen molar-refractivity contribution in [3.05, 3.63) is 12.2 Å². The Morgan fingerprint density at radius 2 is 1.43 bits per heavy atom. The maximum atomic E-state index is 12.1. The van der Waals surface area contributed by atoms with E-state index in [9.17, 15) is 35.7 Å². The maximum Gasteiger partial charge on any atom is 0.187 e. The Morgan fingerprint density at radius 3 is 2.13 bits per heavy atom. The molecule has 8 rings (SSSR count). The number of hydrogen-bond acceptors (Lipinski definition) is 12. The van der Waals surface area contributed by atoms with Gasteiger partial charge in [-0.05, 0) is 91.8 Å². The SMILES string of the molecule is C[C@H]1O[C@@H](O[C@@H]2CC[C@@]3(C)[C@H](CC[C@]4(C)[C@@H]3C=C[C@]35OC[C@@]6(CCC(C)(C)C[C@@H]63)[C@@H](O)C[C@]54C)C2(C)C)[C@H](O)[C@@H](O[C@@H]2O[C@H](CO)[C@@H](O)[C@H](O)[C@H]2O)[C@H]1O. The van der Waals surface area contributed by atoms with Crippen molar-refractivity contribution >= 4 is 0 Å². The van der Waals surface area contributed by atoms with Crippen LogP contribution in [0.3, 0.4) is 0 Å². The van der Waals surface area contributed by atoms with Gasteiger partial charge in [0.25, 0.3) is 0 Å². The molecule has 0 aromatic rings. The largest absolute Gasteiger partial charge is 0.394 e. The molecule has 0 unspecified atom stereocenters. The number of aliphatic hydroxyl groups excluding tert-OH is 7. The average Bonchev–Trinajstić information content (AvgIpc) is 3.38. The fourth-order valence-electron chi connectivity index (χ4n) is 14.3. The first-order valence-corrected chi connectivity index (χ1v) is 20.8. The highest BCUT2D eigenvalue weighted by molar-refractivity contribution is 5.36. The van der Waals surface area contributed by atoms with Crippen molar-refractivity contribution in [1.29, 1.82) is 0 Å². The molecule has 7 N–H and O–H groups in total. The number of aliphatic hydroxyl groups is 7. The van der Waals surface area contributed by atoms with Gasteiger partial charge < -0.3 is 59.4 Å². The van der Waals surface area contributed by atoms with Crippen LogP contribution in [0.5, 0.6) is 0 Å². The summed E-state index contributed by atoms with van der Waals surface area (Å²) < 4.78 is 31.4. The van der Waals surface area contributed by atoms with E-state index < -0.39 is 73.6 Å². The summed E-state index contributed by atoms with van der Waals surface area (Å²) in [6.45, 7) is 18.3. The van der Waals surface area contributed by atoms with Crippen molar-refractivity contribution in [1.82, 2.24) is 0 Å². The van der Waals surface area contributed by atoms with E-state index in [1.165, 1.54) is 0 Å². The van der Waals surface area contributed by atoms with Crippen molar-refractivity contribution < 1.29 is 59.4 Å². The highest BCUT2D eigenvalue weighted by Crippen LogP contribution is 2.79. The molecule has 308 valence electrons. The second-order valence-electron chi connectivity index (χ2n) is 21.1. The number of hydrogen-bond donors (Lipinski definition) is 7. The number of fused-ring (bicyclic) bond motifs is 4. The summed E-state index contributed by atoms with van der Waals surface area (Å²) in [6, 6.07) is 0. The highest BCUT2D eigenvalue weighted by atomic mass is 16.7. The number of allylic oxidation sites excluding steroid dienone is 1. The molecule has 54 heavy (non-hydrogen) atoms. The third kappa shape index (κ3) is 5.24. The zero-order valence-corrected chi connectivity index (χ0v) is 33.6. The molecule has 1 spiro atoms. The van der Waals surface area contributed by atoms with E-state index in [1.54, 1.807) is 6.92 Å². The first kappa shape index (κ1) is 40.1. The summed E-state index contributed by atoms with van der Waals surface area (Å²) in [4.78, 5) is 0. The average molecular weight is 765 g/mol. The topological polar surface area (TPSA) is 188 Å². The van der Waals surface area contributed by atoms with Crippen molar-refractivity contribution in [2.24, 2.45) is 50.2 Å². The van der Waals surface area contributed by atoms with E-state index in [0.717, 1.165) is 51.4 Å². The van der Waals surface area contributed by atoms with Crippen LogP contribution in [0.15, 0.2) is 12.2 Å². The lowest BCUT2D eigenvalue weighted by Crippen LogP contribution is -2.72. The Hall–Kier alpha value is -0.740. The van der Waals surface area contributed by atoms with Crippen LogP contribution in [0.4, 0.5) is 0 Å². The Morgan fingerprint density at radius 1 is 0.722 bits per heavy atom. The van der Waals surface area contributed by atoms with Crippen LogP contribution in [0.25, 0.3) is 0 Å². The molecule has 2 bridgehead atoms. The van der Waals surface area contributed by atoms with E-state index in [0.29, 0.717) is 12.5 Å². The van der Waals surface area contributed by atoms with Crippen molar-refractivity contribution in [2.75, 3.05) is 13.2 Å². The molecule has 0 radical (unpaired) electrons. The van der Waals surface area contributed by atoms with Crippen molar-refractivity contribution in [2.45, 2.75) is 186 Å². The van der Waals surface area contributed by atoms with Gasteiger partial charge in [-0.3, -0.25) is 0 Å². The Bertz CT molecular complexity index is 1470. The molecule has 8 aliphatic rings. The highest BCUT2D eigenvalue weighted by Gasteiger charge is 2.79. The van der Waals surface area contributed by atoms with Crippen LogP contribution in [0.1, 0.15) is 107 Å². The smallest absolute Gasteiger partial charge is 0.187 e. The monoisotopic (exact) mass is 764 g/mol. The van der Waals surface area contributed by atoms with Crippen LogP contribution in [-0.4, -0.2) is 128 Å². The number of rotatable bonds is 5. The van der Waals surface area contributed by atoms with Gasteiger partial charge in [-0.2, -0.15) is 0 Å². The molecule has 0 aromatic heterocycles. The summed E-state index contributed by atoms with van der Waals surface area (Å²) in [5.74, 6) is 0.835. The fraction of sp³-hybridized carbons (Fsp3) is 0.952. The molecule has 0 amide bonds. The van der Waals surface area contributed by atoms with Crippen LogP contribution in [-0.2, 0) is 23.7 Å². The Balaban J connectivity index is 1.03. The normalized spacial score (nSPS) is 58.8. The standard InChI is InChI=1S/C42H68O12/c1-21-28(45)33(54-34-31(48)30(47)29(46)22(19-43)52-34)32(49)35(51-21)53-27-11-12-38(6)23(37(27,4)5)9-13-39(7)24(38)10-14-42-25-17-36(2,3)15-16-41(25,20-50-42)26(44)18-40(39,42)8/h10,14,21-35,43-49H,9,11-13,15-20H2,1-8H3/t21-,22-,23-,24-,25+,26+,27-,28+,29-,30+,31-,32-,33+,34+,35+,38+,39-,40+,41-,42+/m1/s1. The number of ether oxygens (including phenoxy) is 5. The summed E-state index contributed by atoms with van der Waals surface area (Å²) in [6.07, 6.45) is -1.83. The molecule has 7 fully saturated rings. The molecule has 3 heterocycles. The van der Waals surface area contributed by atoms with Crippen LogP contribution >= 0.6 is 0 Å². The van der Waals surface area contributed by atoms with E-state index in [2.05, 4.69) is 60.6 Å². The zero-order chi connectivity index (χ0) is 39.2. The molecular weight excluding hydrogens is 696 g/mol. The van der Waals surface area contributed by atoms with E-state index >= 15 is 0 Å². The van der Waals surface area contributed by atoms with Gasteiger partial charge in [0.1, 0.15) is 42.7 Å². The maximum absolute atomic E-state index is 12.1. The van der Waals surface area contributed by atoms with E-state index in [4.69, 9.17) is 23.7 Å². The minimum absolute atomic E-state index is 0.0638. The van der Waals surface area contributed by atoms with E-state index in [-0.39, 0.29) is 56.5 Å². The van der Waals surface area contributed by atoms with E-state index in [1.807, 2.05) is 0 Å². The first-order valence-electron chi connectivity index (χ1n) is 20.8. The minimum atomic E-state index is -1.69. The molecule has 12 heteroatoms. The van der Waals surface area contributed by atoms with Gasteiger partial charge in [-0.1, -0.05) is 60.6 Å². The minimum Gasteiger partial charge on any atom is -0.394 e. The van der Waals surface area contributed by atoms with Gasteiger partial charge in [0, 0.05) is 16.7 Å². The zero-order valence-electron chi connectivity index (χ0n) is 33.6. The summed E-state index contributed by atoms with van der Waals surface area (Å²) >= 11 is 0. The molecular formula is C42H68O12. The molecule has 0 aromatic carbocycles. The van der Waals surface area contributed by atoms with Gasteiger partial charge in [-0.25, -0.2) is 0 Å². The molecule has 4 saturated carbocycles. The predicted octanol–water partition coefficient (Wildman–Crippen LogP) is 2.80. The lowest BCUT2D eigenvalue weighted by atomic mass is 9.32. The lowest BCUT2D eigenvalue weighted by Gasteiger charge is -2.73.